The second-order valence-electron chi connectivity index (χ2n) is 5.29. The lowest BCUT2D eigenvalue weighted by Gasteiger charge is -2.26. The number of benzene rings is 1. The zero-order valence-corrected chi connectivity index (χ0v) is 13.8. The fraction of sp³-hybridized carbons (Fsp3) is 0.538. The second kappa shape index (κ2) is 6.04. The van der Waals surface area contributed by atoms with Gasteiger partial charge >= 0.3 is 0 Å². The van der Waals surface area contributed by atoms with E-state index in [1.165, 1.54) is 30.5 Å². The molecule has 6 nitrogen and oxygen atoms in total. The van der Waals surface area contributed by atoms with Crippen molar-refractivity contribution in [1.29, 1.82) is 0 Å². The molecule has 1 heterocycles. The molecular weight excluding hydrogens is 312 g/mol. The number of nitrogens with zero attached hydrogens (tertiary/aromatic N) is 2. The smallest absolute Gasteiger partial charge is 0.224 e. The van der Waals surface area contributed by atoms with Gasteiger partial charge in [-0.2, -0.15) is 17.0 Å². The normalized spacial score (nSPS) is 21.0. The van der Waals surface area contributed by atoms with E-state index >= 15 is 0 Å². The average Bonchev–Trinajstić information content (AvgIpc) is 2.87. The molecule has 0 bridgehead atoms. The van der Waals surface area contributed by atoms with E-state index in [0.29, 0.717) is 19.4 Å². The minimum atomic E-state index is -3.58. The summed E-state index contributed by atoms with van der Waals surface area (Å²) in [4.78, 5) is 0.235. The standard InChI is InChI=1S/C13H20N2O4S2/c1-14(2)21(18,19)15-10-6-7-12(15)11-20(16,17)13-8-4-3-5-9-13/h3-5,8-9,12H,6-7,10-11H2,1-2H3. The lowest BCUT2D eigenvalue weighted by molar-refractivity contribution is 0.372. The highest BCUT2D eigenvalue weighted by Crippen LogP contribution is 2.25. The van der Waals surface area contributed by atoms with Gasteiger partial charge < -0.3 is 0 Å². The second-order valence-corrected chi connectivity index (χ2v) is 9.42. The maximum Gasteiger partial charge on any atom is 0.281 e. The predicted octanol–water partition coefficient (Wildman–Crippen LogP) is 0.731. The van der Waals surface area contributed by atoms with Crippen molar-refractivity contribution in [3.8, 4) is 0 Å². The van der Waals surface area contributed by atoms with Crippen molar-refractivity contribution >= 4 is 20.0 Å². The van der Waals surface area contributed by atoms with Gasteiger partial charge in [0.1, 0.15) is 0 Å². The summed E-state index contributed by atoms with van der Waals surface area (Å²) in [5, 5.41) is 0. The van der Waals surface area contributed by atoms with Crippen molar-refractivity contribution in [3.63, 3.8) is 0 Å². The molecule has 1 aliphatic rings. The molecule has 0 aliphatic carbocycles. The zero-order valence-electron chi connectivity index (χ0n) is 12.1. The lowest BCUT2D eigenvalue weighted by atomic mass is 10.3. The van der Waals surface area contributed by atoms with Gasteiger partial charge in [-0.3, -0.25) is 0 Å². The Balaban J connectivity index is 2.23. The van der Waals surface area contributed by atoms with Crippen LogP contribution in [-0.2, 0) is 20.0 Å². The van der Waals surface area contributed by atoms with Crippen LogP contribution < -0.4 is 0 Å². The third-order valence-electron chi connectivity index (χ3n) is 3.60. The Bertz CT molecular complexity index is 684. The predicted molar refractivity (Wildman–Crippen MR) is 80.8 cm³/mol. The molecular formula is C13H20N2O4S2. The molecule has 1 atom stereocenters. The first-order valence-electron chi connectivity index (χ1n) is 6.72. The first-order valence-corrected chi connectivity index (χ1v) is 9.77. The summed E-state index contributed by atoms with van der Waals surface area (Å²) in [5.74, 6) is -0.177. The fourth-order valence-electron chi connectivity index (χ4n) is 2.47. The van der Waals surface area contributed by atoms with Gasteiger partial charge in [0.25, 0.3) is 10.2 Å². The van der Waals surface area contributed by atoms with Crippen LogP contribution in [0.1, 0.15) is 12.8 Å². The van der Waals surface area contributed by atoms with Crippen LogP contribution in [0.3, 0.4) is 0 Å². The zero-order chi connectivity index (χ0) is 15.7. The third-order valence-corrected chi connectivity index (χ3v) is 7.41. The van der Waals surface area contributed by atoms with Gasteiger partial charge in [-0.15, -0.1) is 0 Å². The highest BCUT2D eigenvalue weighted by molar-refractivity contribution is 7.91. The molecule has 0 aromatic heterocycles. The van der Waals surface area contributed by atoms with E-state index in [9.17, 15) is 16.8 Å². The van der Waals surface area contributed by atoms with Crippen molar-refractivity contribution in [2.24, 2.45) is 0 Å². The molecule has 8 heteroatoms. The summed E-state index contributed by atoms with van der Waals surface area (Å²) in [5.41, 5.74) is 0. The van der Waals surface area contributed by atoms with Crippen LogP contribution in [-0.4, -0.2) is 57.9 Å². The van der Waals surface area contributed by atoms with Crippen molar-refractivity contribution < 1.29 is 16.8 Å². The Labute approximate surface area is 126 Å². The van der Waals surface area contributed by atoms with Crippen molar-refractivity contribution in [2.45, 2.75) is 23.8 Å². The van der Waals surface area contributed by atoms with Gasteiger partial charge in [-0.25, -0.2) is 8.42 Å². The largest absolute Gasteiger partial charge is 0.281 e. The fourth-order valence-corrected chi connectivity index (χ4v) is 5.51. The molecule has 1 aliphatic heterocycles. The van der Waals surface area contributed by atoms with Crippen LogP contribution in [0.25, 0.3) is 0 Å². The number of rotatable bonds is 5. The van der Waals surface area contributed by atoms with E-state index in [-0.39, 0.29) is 10.6 Å². The molecule has 1 aromatic rings. The molecule has 1 fully saturated rings. The van der Waals surface area contributed by atoms with E-state index in [2.05, 4.69) is 0 Å². The van der Waals surface area contributed by atoms with Crippen LogP contribution in [0.5, 0.6) is 0 Å². The molecule has 21 heavy (non-hydrogen) atoms. The van der Waals surface area contributed by atoms with Crippen LogP contribution in [0.2, 0.25) is 0 Å². The lowest BCUT2D eigenvalue weighted by Crippen LogP contribution is -2.45. The molecule has 118 valence electrons. The first kappa shape index (κ1) is 16.4. The maximum atomic E-state index is 12.4. The minimum absolute atomic E-state index is 0.177. The van der Waals surface area contributed by atoms with Gasteiger partial charge in [0.05, 0.1) is 10.6 Å². The summed E-state index contributed by atoms with van der Waals surface area (Å²) >= 11 is 0. The first-order chi connectivity index (χ1) is 9.75. The molecule has 0 radical (unpaired) electrons. The summed E-state index contributed by atoms with van der Waals surface area (Å²) in [7, 11) is -4.16. The van der Waals surface area contributed by atoms with Crippen molar-refractivity contribution in [1.82, 2.24) is 8.61 Å². The van der Waals surface area contributed by atoms with Crippen LogP contribution in [0.4, 0.5) is 0 Å². The van der Waals surface area contributed by atoms with Gasteiger partial charge in [0, 0.05) is 26.7 Å². The van der Waals surface area contributed by atoms with Crippen LogP contribution >= 0.6 is 0 Å². The van der Waals surface area contributed by atoms with Crippen LogP contribution in [0, 0.1) is 0 Å². The summed E-state index contributed by atoms with van der Waals surface area (Å²) in [6.07, 6.45) is 1.25. The topological polar surface area (TPSA) is 74.8 Å². The van der Waals surface area contributed by atoms with Crippen molar-refractivity contribution in [2.75, 3.05) is 26.4 Å². The molecule has 0 amide bonds. The minimum Gasteiger partial charge on any atom is -0.224 e. The Kier molecular flexibility index (Phi) is 4.72. The van der Waals surface area contributed by atoms with Gasteiger partial charge in [-0.05, 0) is 25.0 Å². The van der Waals surface area contributed by atoms with E-state index in [1.54, 1.807) is 18.2 Å². The Morgan fingerprint density at radius 2 is 1.76 bits per heavy atom. The quantitative estimate of drug-likeness (QED) is 0.797. The Morgan fingerprint density at radius 3 is 2.33 bits per heavy atom. The maximum absolute atomic E-state index is 12.4. The highest BCUT2D eigenvalue weighted by Gasteiger charge is 2.38. The summed E-state index contributed by atoms with van der Waals surface area (Å²) < 4.78 is 51.7. The molecule has 1 aromatic carbocycles. The SMILES string of the molecule is CN(C)S(=O)(=O)N1CCCC1CS(=O)(=O)c1ccccc1. The highest BCUT2D eigenvalue weighted by atomic mass is 32.2. The third kappa shape index (κ3) is 3.45. The summed E-state index contributed by atoms with van der Waals surface area (Å²) in [6, 6.07) is 7.65. The number of hydrogen-bond acceptors (Lipinski definition) is 4. The molecule has 0 saturated carbocycles. The average molecular weight is 332 g/mol. The van der Waals surface area contributed by atoms with Gasteiger partial charge in [0.2, 0.25) is 0 Å². The van der Waals surface area contributed by atoms with E-state index < -0.39 is 26.1 Å². The van der Waals surface area contributed by atoms with E-state index in [4.69, 9.17) is 0 Å². The molecule has 0 spiro atoms. The van der Waals surface area contributed by atoms with Gasteiger partial charge in [0.15, 0.2) is 9.84 Å². The molecule has 1 unspecified atom stereocenters. The van der Waals surface area contributed by atoms with E-state index in [1.807, 2.05) is 0 Å². The van der Waals surface area contributed by atoms with Crippen molar-refractivity contribution in [3.05, 3.63) is 30.3 Å². The molecule has 1 saturated heterocycles. The number of hydrogen-bond donors (Lipinski definition) is 0. The molecule has 2 rings (SSSR count). The van der Waals surface area contributed by atoms with E-state index in [0.717, 1.165) is 4.31 Å². The molecule has 0 N–H and O–H groups in total. The van der Waals surface area contributed by atoms with Crippen LogP contribution in [0.15, 0.2) is 35.2 Å². The van der Waals surface area contributed by atoms with Gasteiger partial charge in [-0.1, -0.05) is 18.2 Å². The summed E-state index contributed by atoms with van der Waals surface area (Å²) in [6.45, 7) is 0.371. The monoisotopic (exact) mass is 332 g/mol. The Hall–Kier alpha value is -0.960. The Morgan fingerprint density at radius 1 is 1.14 bits per heavy atom. The number of sulfone groups is 1.